The van der Waals surface area contributed by atoms with Crippen LogP contribution >= 0.6 is 11.6 Å². The van der Waals surface area contributed by atoms with Gasteiger partial charge >= 0.3 is 6.36 Å². The van der Waals surface area contributed by atoms with E-state index in [4.69, 9.17) is 11.6 Å². The van der Waals surface area contributed by atoms with Crippen LogP contribution in [0.3, 0.4) is 0 Å². The summed E-state index contributed by atoms with van der Waals surface area (Å²) in [6.45, 7) is 3.55. The molecule has 1 aromatic carbocycles. The fourth-order valence-electron chi connectivity index (χ4n) is 1.04. The quantitative estimate of drug-likeness (QED) is 0.725. The molecule has 82 valence electrons. The van der Waals surface area contributed by atoms with Crippen molar-refractivity contribution in [1.82, 2.24) is 0 Å². The molecule has 0 fully saturated rings. The molecule has 15 heavy (non-hydrogen) atoms. The van der Waals surface area contributed by atoms with Crippen molar-refractivity contribution in [2.75, 3.05) is 5.88 Å². The maximum absolute atomic E-state index is 12.0. The van der Waals surface area contributed by atoms with Crippen LogP contribution in [0.15, 0.2) is 30.8 Å². The van der Waals surface area contributed by atoms with Crippen LogP contribution in [0.5, 0.6) is 5.75 Å². The maximum atomic E-state index is 12.0. The summed E-state index contributed by atoms with van der Waals surface area (Å²) in [5, 5.41) is 0. The van der Waals surface area contributed by atoms with Crippen LogP contribution < -0.4 is 4.74 Å². The number of rotatable bonds is 3. The molecule has 0 bridgehead atoms. The molecule has 0 unspecified atom stereocenters. The van der Waals surface area contributed by atoms with E-state index in [0.717, 1.165) is 0 Å². The minimum atomic E-state index is -4.71. The van der Waals surface area contributed by atoms with E-state index in [1.54, 1.807) is 6.07 Å². The molecule has 0 N–H and O–H groups in total. The van der Waals surface area contributed by atoms with Gasteiger partial charge in [-0.05, 0) is 11.6 Å². The molecule has 0 saturated carbocycles. The van der Waals surface area contributed by atoms with Crippen molar-refractivity contribution in [3.05, 3.63) is 36.4 Å². The lowest BCUT2D eigenvalue weighted by Crippen LogP contribution is -2.18. The van der Waals surface area contributed by atoms with Crippen molar-refractivity contribution in [1.29, 1.82) is 0 Å². The largest absolute Gasteiger partial charge is 0.573 e. The average Bonchev–Trinajstić information content (AvgIpc) is 2.15. The van der Waals surface area contributed by atoms with Gasteiger partial charge in [0.1, 0.15) is 5.75 Å². The summed E-state index contributed by atoms with van der Waals surface area (Å²) in [7, 11) is 0. The first kappa shape index (κ1) is 11.9. The van der Waals surface area contributed by atoms with Crippen LogP contribution in [0, 0.1) is 0 Å². The summed E-state index contributed by atoms with van der Waals surface area (Å²) >= 11 is 5.49. The minimum absolute atomic E-state index is 0.0538. The van der Waals surface area contributed by atoms with Gasteiger partial charge in [0.05, 0.1) is 0 Å². The Hall–Kier alpha value is -1.16. The highest BCUT2D eigenvalue weighted by atomic mass is 35.5. The fraction of sp³-hybridized carbons (Fsp3) is 0.200. The molecule has 0 spiro atoms. The molecule has 1 aromatic rings. The summed E-state index contributed by atoms with van der Waals surface area (Å²) in [5.41, 5.74) is 0.654. The Balaban J connectivity index is 3.02. The molecular formula is C10H8ClF3O. The zero-order chi connectivity index (χ0) is 11.5. The molecule has 0 aliphatic carbocycles. The summed E-state index contributed by atoms with van der Waals surface area (Å²) in [4.78, 5) is 0. The normalized spacial score (nSPS) is 11.2. The Morgan fingerprint density at radius 3 is 2.47 bits per heavy atom. The van der Waals surface area contributed by atoms with Gasteiger partial charge in [-0.25, -0.2) is 0 Å². The second kappa shape index (κ2) is 4.57. The third-order valence-electron chi connectivity index (χ3n) is 1.65. The van der Waals surface area contributed by atoms with E-state index in [9.17, 15) is 13.2 Å². The van der Waals surface area contributed by atoms with Gasteiger partial charge in [0, 0.05) is 11.4 Å². The molecular weight excluding hydrogens is 229 g/mol. The topological polar surface area (TPSA) is 9.23 Å². The number of ether oxygens (including phenoxy) is 1. The maximum Gasteiger partial charge on any atom is 0.573 e. The van der Waals surface area contributed by atoms with E-state index in [1.807, 2.05) is 0 Å². The van der Waals surface area contributed by atoms with Crippen molar-refractivity contribution in [2.24, 2.45) is 0 Å². The molecule has 0 aromatic heterocycles. The Morgan fingerprint density at radius 1 is 1.33 bits per heavy atom. The lowest BCUT2D eigenvalue weighted by Gasteiger charge is -2.13. The van der Waals surface area contributed by atoms with Crippen molar-refractivity contribution < 1.29 is 17.9 Å². The first-order valence-corrected chi connectivity index (χ1v) is 4.56. The number of hydrogen-bond acceptors (Lipinski definition) is 1. The number of allylic oxidation sites excluding steroid dienone is 1. The van der Waals surface area contributed by atoms with Gasteiger partial charge in [0.2, 0.25) is 0 Å². The summed E-state index contributed by atoms with van der Waals surface area (Å²) in [6, 6.07) is 5.74. The van der Waals surface area contributed by atoms with Crippen molar-refractivity contribution in [3.63, 3.8) is 0 Å². The number of alkyl halides is 4. The standard InChI is InChI=1S/C10H8ClF3O/c1-7(6-11)8-4-2-3-5-9(8)15-10(12,13)14/h2-5H,1,6H2. The predicted molar refractivity (Wildman–Crippen MR) is 52.9 cm³/mol. The molecule has 0 radical (unpaired) electrons. The molecule has 0 aliphatic rings. The number of benzene rings is 1. The van der Waals surface area contributed by atoms with E-state index in [1.165, 1.54) is 18.2 Å². The van der Waals surface area contributed by atoms with Crippen LogP contribution in [0.1, 0.15) is 5.56 Å². The molecule has 5 heteroatoms. The third-order valence-corrected chi connectivity index (χ3v) is 1.98. The molecule has 0 atom stereocenters. The molecule has 0 saturated heterocycles. The van der Waals surface area contributed by atoms with E-state index >= 15 is 0 Å². The van der Waals surface area contributed by atoms with Gasteiger partial charge in [-0.2, -0.15) is 0 Å². The first-order chi connectivity index (χ1) is 6.94. The number of para-hydroxylation sites is 1. The zero-order valence-electron chi connectivity index (χ0n) is 7.64. The van der Waals surface area contributed by atoms with Gasteiger partial charge in [0.25, 0.3) is 0 Å². The number of halogens is 4. The Labute approximate surface area is 90.1 Å². The Morgan fingerprint density at radius 2 is 1.93 bits per heavy atom. The third kappa shape index (κ3) is 3.47. The highest BCUT2D eigenvalue weighted by Gasteiger charge is 2.32. The Bertz CT molecular complexity index is 360. The molecule has 1 nitrogen and oxygen atoms in total. The fourth-order valence-corrected chi connectivity index (χ4v) is 1.19. The molecule has 0 heterocycles. The van der Waals surface area contributed by atoms with Crippen molar-refractivity contribution in [2.45, 2.75) is 6.36 Å². The Kier molecular flexibility index (Phi) is 3.63. The highest BCUT2D eigenvalue weighted by molar-refractivity contribution is 6.23. The second-order valence-corrected chi connectivity index (χ2v) is 3.05. The monoisotopic (exact) mass is 236 g/mol. The molecule has 1 rings (SSSR count). The van der Waals surface area contributed by atoms with E-state index in [-0.39, 0.29) is 17.2 Å². The SMILES string of the molecule is C=C(CCl)c1ccccc1OC(F)(F)F. The summed E-state index contributed by atoms with van der Waals surface area (Å²) in [6.07, 6.45) is -4.71. The van der Waals surface area contributed by atoms with E-state index < -0.39 is 6.36 Å². The average molecular weight is 237 g/mol. The van der Waals surface area contributed by atoms with E-state index in [2.05, 4.69) is 11.3 Å². The zero-order valence-corrected chi connectivity index (χ0v) is 8.40. The van der Waals surface area contributed by atoms with Gasteiger partial charge in [-0.3, -0.25) is 0 Å². The van der Waals surface area contributed by atoms with Crippen molar-refractivity contribution in [3.8, 4) is 5.75 Å². The van der Waals surface area contributed by atoms with E-state index in [0.29, 0.717) is 5.57 Å². The van der Waals surface area contributed by atoms with Gasteiger partial charge < -0.3 is 4.74 Å². The summed E-state index contributed by atoms with van der Waals surface area (Å²) < 4.78 is 39.8. The smallest absolute Gasteiger partial charge is 0.405 e. The van der Waals surface area contributed by atoms with Gasteiger partial charge in [-0.1, -0.05) is 24.8 Å². The van der Waals surface area contributed by atoms with Crippen LogP contribution in [-0.2, 0) is 0 Å². The van der Waals surface area contributed by atoms with Crippen LogP contribution in [0.4, 0.5) is 13.2 Å². The van der Waals surface area contributed by atoms with Crippen LogP contribution in [-0.4, -0.2) is 12.2 Å². The minimum Gasteiger partial charge on any atom is -0.405 e. The van der Waals surface area contributed by atoms with Crippen LogP contribution in [0.25, 0.3) is 5.57 Å². The molecule has 0 amide bonds. The lowest BCUT2D eigenvalue weighted by atomic mass is 10.1. The first-order valence-electron chi connectivity index (χ1n) is 4.03. The van der Waals surface area contributed by atoms with Crippen molar-refractivity contribution >= 4 is 17.2 Å². The summed E-state index contributed by atoms with van der Waals surface area (Å²) in [5.74, 6) is -0.228. The van der Waals surface area contributed by atoms with Gasteiger partial charge in [0.15, 0.2) is 0 Å². The number of hydrogen-bond donors (Lipinski definition) is 0. The lowest BCUT2D eigenvalue weighted by molar-refractivity contribution is -0.274. The second-order valence-electron chi connectivity index (χ2n) is 2.78. The van der Waals surface area contributed by atoms with Gasteiger partial charge in [-0.15, -0.1) is 24.8 Å². The molecule has 0 aliphatic heterocycles. The highest BCUT2D eigenvalue weighted by Crippen LogP contribution is 2.30. The predicted octanol–water partition coefficient (Wildman–Crippen LogP) is 3.84. The van der Waals surface area contributed by atoms with Crippen LogP contribution in [0.2, 0.25) is 0 Å².